The molecule has 1 aromatic carbocycles. The second-order valence-corrected chi connectivity index (χ2v) is 6.37. The first-order valence-corrected chi connectivity index (χ1v) is 8.41. The number of rotatable bonds is 7. The van der Waals surface area contributed by atoms with Crippen molar-refractivity contribution in [2.45, 2.75) is 38.8 Å². The molecule has 1 heterocycles. The van der Waals surface area contributed by atoms with Gasteiger partial charge in [-0.05, 0) is 38.9 Å². The Hall–Kier alpha value is -0.900. The molecule has 0 saturated carbocycles. The first kappa shape index (κ1) is 16.5. The van der Waals surface area contributed by atoms with Crippen molar-refractivity contribution in [1.29, 1.82) is 0 Å². The number of likely N-dealkylation sites (N-methyl/N-ethyl adjacent to an activating group) is 1. The van der Waals surface area contributed by atoms with Crippen LogP contribution in [0.15, 0.2) is 30.3 Å². The second kappa shape index (κ2) is 8.52. The SMILES string of the molecule is CCCNC(C)CCN1CCN(C)CC1c1ccccc1. The van der Waals surface area contributed by atoms with Gasteiger partial charge in [0.25, 0.3) is 0 Å². The Kier molecular flexibility index (Phi) is 6.68. The lowest BCUT2D eigenvalue weighted by atomic mass is 10.0. The van der Waals surface area contributed by atoms with Gasteiger partial charge in [0, 0.05) is 38.3 Å². The third-order valence-corrected chi connectivity index (χ3v) is 4.47. The van der Waals surface area contributed by atoms with Crippen molar-refractivity contribution in [3.8, 4) is 0 Å². The summed E-state index contributed by atoms with van der Waals surface area (Å²) in [6.07, 6.45) is 2.44. The van der Waals surface area contributed by atoms with Crippen molar-refractivity contribution in [1.82, 2.24) is 15.1 Å². The van der Waals surface area contributed by atoms with Gasteiger partial charge >= 0.3 is 0 Å². The number of hydrogen-bond acceptors (Lipinski definition) is 3. The van der Waals surface area contributed by atoms with E-state index in [0.29, 0.717) is 12.1 Å². The summed E-state index contributed by atoms with van der Waals surface area (Å²) < 4.78 is 0. The van der Waals surface area contributed by atoms with Gasteiger partial charge in [-0.25, -0.2) is 0 Å². The van der Waals surface area contributed by atoms with Gasteiger partial charge in [-0.3, -0.25) is 4.90 Å². The zero-order valence-corrected chi connectivity index (χ0v) is 13.9. The van der Waals surface area contributed by atoms with Crippen molar-refractivity contribution in [3.63, 3.8) is 0 Å². The molecule has 0 radical (unpaired) electrons. The van der Waals surface area contributed by atoms with Crippen LogP contribution in [0.3, 0.4) is 0 Å². The molecule has 1 saturated heterocycles. The maximum atomic E-state index is 3.60. The Morgan fingerprint density at radius 2 is 2.00 bits per heavy atom. The number of hydrogen-bond donors (Lipinski definition) is 1. The van der Waals surface area contributed by atoms with E-state index in [1.807, 2.05) is 0 Å². The van der Waals surface area contributed by atoms with E-state index in [9.17, 15) is 0 Å². The summed E-state index contributed by atoms with van der Waals surface area (Å²) >= 11 is 0. The Balaban J connectivity index is 1.92. The van der Waals surface area contributed by atoms with Crippen LogP contribution in [0.5, 0.6) is 0 Å². The number of nitrogens with one attached hydrogen (secondary N) is 1. The zero-order chi connectivity index (χ0) is 15.1. The highest BCUT2D eigenvalue weighted by atomic mass is 15.3. The molecule has 21 heavy (non-hydrogen) atoms. The molecule has 1 aromatic rings. The zero-order valence-electron chi connectivity index (χ0n) is 13.9. The summed E-state index contributed by atoms with van der Waals surface area (Å²) in [5.41, 5.74) is 1.46. The number of benzene rings is 1. The van der Waals surface area contributed by atoms with Crippen LogP contribution in [0.25, 0.3) is 0 Å². The molecule has 3 nitrogen and oxygen atoms in total. The third kappa shape index (κ3) is 5.10. The fraction of sp³-hybridized carbons (Fsp3) is 0.667. The molecule has 2 rings (SSSR count). The second-order valence-electron chi connectivity index (χ2n) is 6.37. The van der Waals surface area contributed by atoms with Gasteiger partial charge < -0.3 is 10.2 Å². The fourth-order valence-corrected chi connectivity index (χ4v) is 3.07. The van der Waals surface area contributed by atoms with E-state index < -0.39 is 0 Å². The summed E-state index contributed by atoms with van der Waals surface area (Å²) in [5, 5.41) is 3.60. The Morgan fingerprint density at radius 1 is 1.24 bits per heavy atom. The maximum Gasteiger partial charge on any atom is 0.0475 e. The Labute approximate surface area is 130 Å². The van der Waals surface area contributed by atoms with Crippen LogP contribution in [0, 0.1) is 0 Å². The fourth-order valence-electron chi connectivity index (χ4n) is 3.07. The maximum absolute atomic E-state index is 3.60. The quantitative estimate of drug-likeness (QED) is 0.833. The van der Waals surface area contributed by atoms with Crippen molar-refractivity contribution in [2.75, 3.05) is 39.8 Å². The molecule has 0 aliphatic carbocycles. The smallest absolute Gasteiger partial charge is 0.0475 e. The van der Waals surface area contributed by atoms with Crippen molar-refractivity contribution in [3.05, 3.63) is 35.9 Å². The average Bonchev–Trinajstić information content (AvgIpc) is 2.52. The van der Waals surface area contributed by atoms with Crippen molar-refractivity contribution < 1.29 is 0 Å². The molecule has 0 aromatic heterocycles. The molecule has 118 valence electrons. The standard InChI is InChI=1S/C18H31N3/c1-4-11-19-16(2)10-12-21-14-13-20(3)15-18(21)17-8-6-5-7-9-17/h5-9,16,18-19H,4,10-15H2,1-3H3. The van der Waals surface area contributed by atoms with E-state index in [1.54, 1.807) is 0 Å². The summed E-state index contributed by atoms with van der Waals surface area (Å²) in [5.74, 6) is 0. The lowest BCUT2D eigenvalue weighted by Gasteiger charge is -2.40. The van der Waals surface area contributed by atoms with Gasteiger partial charge in [-0.15, -0.1) is 0 Å². The monoisotopic (exact) mass is 289 g/mol. The number of nitrogens with zero attached hydrogens (tertiary/aromatic N) is 2. The summed E-state index contributed by atoms with van der Waals surface area (Å²) in [6.45, 7) is 10.4. The molecule has 0 amide bonds. The third-order valence-electron chi connectivity index (χ3n) is 4.47. The van der Waals surface area contributed by atoms with Gasteiger partial charge in [0.15, 0.2) is 0 Å². The van der Waals surface area contributed by atoms with Gasteiger partial charge in [0.2, 0.25) is 0 Å². The Morgan fingerprint density at radius 3 is 2.71 bits per heavy atom. The van der Waals surface area contributed by atoms with E-state index in [2.05, 4.69) is 66.3 Å². The van der Waals surface area contributed by atoms with Crippen LogP contribution >= 0.6 is 0 Å². The molecule has 0 bridgehead atoms. The highest BCUT2D eigenvalue weighted by Gasteiger charge is 2.26. The highest BCUT2D eigenvalue weighted by molar-refractivity contribution is 5.20. The van der Waals surface area contributed by atoms with Crippen molar-refractivity contribution in [2.24, 2.45) is 0 Å². The topological polar surface area (TPSA) is 18.5 Å². The lowest BCUT2D eigenvalue weighted by molar-refractivity contribution is 0.0864. The Bertz CT molecular complexity index is 393. The molecule has 1 fully saturated rings. The molecule has 0 spiro atoms. The predicted octanol–water partition coefficient (Wildman–Crippen LogP) is 2.75. The van der Waals surface area contributed by atoms with Crippen LogP contribution in [0.1, 0.15) is 38.3 Å². The normalized spacial score (nSPS) is 22.3. The van der Waals surface area contributed by atoms with E-state index in [1.165, 1.54) is 38.0 Å². The molecule has 2 unspecified atom stereocenters. The van der Waals surface area contributed by atoms with E-state index in [4.69, 9.17) is 0 Å². The molecule has 3 heteroatoms. The minimum atomic E-state index is 0.545. The summed E-state index contributed by atoms with van der Waals surface area (Å²) in [6, 6.07) is 12.1. The molecule has 2 atom stereocenters. The largest absolute Gasteiger partial charge is 0.314 e. The number of piperazine rings is 1. The average molecular weight is 289 g/mol. The first-order chi connectivity index (χ1) is 10.2. The van der Waals surface area contributed by atoms with Crippen LogP contribution < -0.4 is 5.32 Å². The van der Waals surface area contributed by atoms with Crippen LogP contribution in [0.4, 0.5) is 0 Å². The van der Waals surface area contributed by atoms with Crippen molar-refractivity contribution >= 4 is 0 Å². The molecular weight excluding hydrogens is 258 g/mol. The van der Waals surface area contributed by atoms with Crippen LogP contribution in [-0.4, -0.2) is 55.6 Å². The predicted molar refractivity (Wildman–Crippen MR) is 90.6 cm³/mol. The van der Waals surface area contributed by atoms with E-state index in [0.717, 1.165) is 13.1 Å². The first-order valence-electron chi connectivity index (χ1n) is 8.41. The van der Waals surface area contributed by atoms with Crippen LogP contribution in [-0.2, 0) is 0 Å². The summed E-state index contributed by atoms with van der Waals surface area (Å²) in [4.78, 5) is 5.12. The van der Waals surface area contributed by atoms with Gasteiger partial charge in [0.1, 0.15) is 0 Å². The van der Waals surface area contributed by atoms with E-state index in [-0.39, 0.29) is 0 Å². The molecule has 1 N–H and O–H groups in total. The van der Waals surface area contributed by atoms with Gasteiger partial charge in [-0.2, -0.15) is 0 Å². The minimum Gasteiger partial charge on any atom is -0.314 e. The van der Waals surface area contributed by atoms with Gasteiger partial charge in [0.05, 0.1) is 0 Å². The lowest BCUT2D eigenvalue weighted by Crippen LogP contribution is -2.47. The minimum absolute atomic E-state index is 0.545. The molecular formula is C18H31N3. The van der Waals surface area contributed by atoms with E-state index >= 15 is 0 Å². The molecule has 1 aliphatic heterocycles. The highest BCUT2D eigenvalue weighted by Crippen LogP contribution is 2.24. The molecule has 1 aliphatic rings. The van der Waals surface area contributed by atoms with Crippen LogP contribution in [0.2, 0.25) is 0 Å². The summed E-state index contributed by atoms with van der Waals surface area (Å²) in [7, 11) is 2.23. The van der Waals surface area contributed by atoms with Gasteiger partial charge in [-0.1, -0.05) is 37.3 Å².